The van der Waals surface area contributed by atoms with Gasteiger partial charge in [-0.2, -0.15) is 0 Å². The van der Waals surface area contributed by atoms with E-state index in [1.165, 1.54) is 5.56 Å². The number of methoxy groups -OCH3 is 1. The Kier molecular flexibility index (Phi) is 6.28. The van der Waals surface area contributed by atoms with Gasteiger partial charge in [0.2, 0.25) is 0 Å². The molecule has 3 aromatic carbocycles. The van der Waals surface area contributed by atoms with Crippen LogP contribution in [0.5, 0.6) is 5.75 Å². The largest absolute Gasteiger partial charge is 0.497 e. The van der Waals surface area contributed by atoms with Gasteiger partial charge in [0.25, 0.3) is 5.91 Å². The van der Waals surface area contributed by atoms with Crippen LogP contribution in [0.4, 0.5) is 5.69 Å². The molecule has 142 valence electrons. The fourth-order valence-corrected chi connectivity index (χ4v) is 2.91. The first-order chi connectivity index (χ1) is 13.6. The number of anilines is 1. The van der Waals surface area contributed by atoms with Crippen molar-refractivity contribution in [2.75, 3.05) is 12.4 Å². The zero-order chi connectivity index (χ0) is 19.9. The molecule has 0 heterocycles. The van der Waals surface area contributed by atoms with Crippen LogP contribution >= 0.6 is 0 Å². The molecule has 0 aliphatic heterocycles. The van der Waals surface area contributed by atoms with Crippen LogP contribution in [-0.4, -0.2) is 13.0 Å². The summed E-state index contributed by atoms with van der Waals surface area (Å²) in [6.45, 7) is 4.30. The Morgan fingerprint density at radius 3 is 2.11 bits per heavy atom. The fraction of sp³-hybridized carbons (Fsp3) is 0.160. The number of carbonyl (C=O) groups is 1. The van der Waals surface area contributed by atoms with Gasteiger partial charge in [0.05, 0.1) is 7.11 Å². The molecule has 0 saturated heterocycles. The molecule has 0 spiro atoms. The van der Waals surface area contributed by atoms with Crippen molar-refractivity contribution in [2.45, 2.75) is 19.8 Å². The summed E-state index contributed by atoms with van der Waals surface area (Å²) in [5.74, 6) is 1.10. The highest BCUT2D eigenvalue weighted by Crippen LogP contribution is 2.23. The average Bonchev–Trinajstić information content (AvgIpc) is 2.73. The molecule has 0 bridgehead atoms. The Balaban J connectivity index is 1.89. The molecule has 0 saturated carbocycles. The molecule has 3 rings (SSSR count). The van der Waals surface area contributed by atoms with E-state index in [0.29, 0.717) is 11.5 Å². The summed E-state index contributed by atoms with van der Waals surface area (Å²) in [5, 5.41) is 3.02. The minimum Gasteiger partial charge on any atom is -0.497 e. The summed E-state index contributed by atoms with van der Waals surface area (Å²) >= 11 is 0. The van der Waals surface area contributed by atoms with Gasteiger partial charge < -0.3 is 10.1 Å². The lowest BCUT2D eigenvalue weighted by Crippen LogP contribution is -2.13. The van der Waals surface area contributed by atoms with Crippen molar-refractivity contribution in [1.82, 2.24) is 0 Å². The zero-order valence-corrected chi connectivity index (χ0v) is 16.5. The Morgan fingerprint density at radius 2 is 1.54 bits per heavy atom. The molecule has 3 nitrogen and oxygen atoms in total. The Labute approximate surface area is 166 Å². The van der Waals surface area contributed by atoms with Crippen molar-refractivity contribution >= 4 is 23.2 Å². The Bertz CT molecular complexity index is 940. The standard InChI is InChI=1S/C25H25NO2/c1-18(2)20-11-13-22(14-12-20)26-25(27)24(21-7-5-4-6-8-21)17-19-9-15-23(28-3)16-10-19/h4-18H,1-3H3,(H,26,27). The zero-order valence-electron chi connectivity index (χ0n) is 16.5. The van der Waals surface area contributed by atoms with E-state index in [2.05, 4.69) is 31.3 Å². The molecule has 1 N–H and O–H groups in total. The number of nitrogens with one attached hydrogen (secondary N) is 1. The highest BCUT2D eigenvalue weighted by atomic mass is 16.5. The summed E-state index contributed by atoms with van der Waals surface area (Å²) in [7, 11) is 1.64. The van der Waals surface area contributed by atoms with Crippen molar-refractivity contribution in [1.29, 1.82) is 0 Å². The minimum atomic E-state index is -0.140. The maximum Gasteiger partial charge on any atom is 0.256 e. The van der Waals surface area contributed by atoms with Crippen molar-refractivity contribution in [3.63, 3.8) is 0 Å². The third-order valence-corrected chi connectivity index (χ3v) is 4.59. The van der Waals surface area contributed by atoms with Crippen LogP contribution in [0.15, 0.2) is 78.9 Å². The maximum atomic E-state index is 13.1. The van der Waals surface area contributed by atoms with E-state index in [4.69, 9.17) is 4.74 Å². The van der Waals surface area contributed by atoms with Crippen LogP contribution in [-0.2, 0) is 4.79 Å². The topological polar surface area (TPSA) is 38.3 Å². The van der Waals surface area contributed by atoms with Crippen molar-refractivity contribution in [3.8, 4) is 5.75 Å². The van der Waals surface area contributed by atoms with E-state index in [0.717, 1.165) is 22.6 Å². The summed E-state index contributed by atoms with van der Waals surface area (Å²) < 4.78 is 5.21. The second-order valence-electron chi connectivity index (χ2n) is 6.93. The smallest absolute Gasteiger partial charge is 0.256 e. The third kappa shape index (κ3) is 4.89. The van der Waals surface area contributed by atoms with Gasteiger partial charge in [-0.05, 0) is 52.9 Å². The molecule has 0 radical (unpaired) electrons. The third-order valence-electron chi connectivity index (χ3n) is 4.59. The first-order valence-electron chi connectivity index (χ1n) is 9.39. The molecule has 3 heteroatoms. The molecule has 1 amide bonds. The molecule has 0 aromatic heterocycles. The lowest BCUT2D eigenvalue weighted by Gasteiger charge is -2.11. The fourth-order valence-electron chi connectivity index (χ4n) is 2.91. The normalized spacial score (nSPS) is 11.4. The van der Waals surface area contributed by atoms with Crippen LogP contribution in [0, 0.1) is 0 Å². The lowest BCUT2D eigenvalue weighted by atomic mass is 10.0. The number of hydrogen-bond donors (Lipinski definition) is 1. The second kappa shape index (κ2) is 9.05. The van der Waals surface area contributed by atoms with E-state index in [9.17, 15) is 4.79 Å². The van der Waals surface area contributed by atoms with Crippen molar-refractivity contribution in [3.05, 3.63) is 95.6 Å². The molecule has 0 unspecified atom stereocenters. The van der Waals surface area contributed by atoms with Crippen LogP contribution in [0.25, 0.3) is 11.6 Å². The molecule has 3 aromatic rings. The summed E-state index contributed by atoms with van der Waals surface area (Å²) in [5.41, 5.74) is 4.44. The van der Waals surface area contributed by atoms with E-state index < -0.39 is 0 Å². The number of hydrogen-bond acceptors (Lipinski definition) is 2. The molecule has 0 aliphatic carbocycles. The van der Waals surface area contributed by atoms with Gasteiger partial charge in [-0.25, -0.2) is 0 Å². The van der Waals surface area contributed by atoms with Crippen LogP contribution in [0.3, 0.4) is 0 Å². The van der Waals surface area contributed by atoms with E-state index in [-0.39, 0.29) is 5.91 Å². The van der Waals surface area contributed by atoms with Gasteiger partial charge in [-0.3, -0.25) is 4.79 Å². The molecular formula is C25H25NO2. The first kappa shape index (κ1) is 19.4. The quantitative estimate of drug-likeness (QED) is 0.426. The van der Waals surface area contributed by atoms with E-state index in [1.54, 1.807) is 7.11 Å². The van der Waals surface area contributed by atoms with Crippen molar-refractivity contribution < 1.29 is 9.53 Å². The van der Waals surface area contributed by atoms with Gasteiger partial charge in [-0.15, -0.1) is 0 Å². The monoisotopic (exact) mass is 371 g/mol. The second-order valence-corrected chi connectivity index (χ2v) is 6.93. The van der Waals surface area contributed by atoms with Gasteiger partial charge >= 0.3 is 0 Å². The van der Waals surface area contributed by atoms with Gasteiger partial charge in [-0.1, -0.05) is 68.4 Å². The predicted octanol–water partition coefficient (Wildman–Crippen LogP) is 6.00. The highest BCUT2D eigenvalue weighted by molar-refractivity contribution is 6.29. The predicted molar refractivity (Wildman–Crippen MR) is 116 cm³/mol. The SMILES string of the molecule is COc1ccc(C=C(C(=O)Nc2ccc(C(C)C)cc2)c2ccccc2)cc1. The molecule has 0 atom stereocenters. The number of amides is 1. The summed E-state index contributed by atoms with van der Waals surface area (Å²) in [4.78, 5) is 13.1. The average molecular weight is 371 g/mol. The number of ether oxygens (including phenoxy) is 1. The molecule has 28 heavy (non-hydrogen) atoms. The van der Waals surface area contributed by atoms with Crippen LogP contribution in [0.2, 0.25) is 0 Å². The van der Waals surface area contributed by atoms with Crippen LogP contribution < -0.4 is 10.1 Å². The van der Waals surface area contributed by atoms with E-state index in [1.807, 2.05) is 72.8 Å². The van der Waals surface area contributed by atoms with Gasteiger partial charge in [0.15, 0.2) is 0 Å². The lowest BCUT2D eigenvalue weighted by molar-refractivity contribution is -0.111. The minimum absolute atomic E-state index is 0.140. The number of carbonyl (C=O) groups excluding carboxylic acids is 1. The summed E-state index contributed by atoms with van der Waals surface area (Å²) in [6, 6.07) is 25.3. The van der Waals surface area contributed by atoms with Crippen LogP contribution in [0.1, 0.15) is 36.5 Å². The Hall–Kier alpha value is -3.33. The van der Waals surface area contributed by atoms with Crippen molar-refractivity contribution in [2.24, 2.45) is 0 Å². The molecule has 0 fully saturated rings. The van der Waals surface area contributed by atoms with Gasteiger partial charge in [0.1, 0.15) is 5.75 Å². The van der Waals surface area contributed by atoms with Gasteiger partial charge in [0, 0.05) is 11.3 Å². The Morgan fingerprint density at radius 1 is 0.893 bits per heavy atom. The first-order valence-corrected chi connectivity index (χ1v) is 9.39. The van der Waals surface area contributed by atoms with E-state index >= 15 is 0 Å². The molecule has 0 aliphatic rings. The highest BCUT2D eigenvalue weighted by Gasteiger charge is 2.13. The number of benzene rings is 3. The number of rotatable bonds is 6. The molecular weight excluding hydrogens is 346 g/mol. The maximum absolute atomic E-state index is 13.1. The summed E-state index contributed by atoms with van der Waals surface area (Å²) in [6.07, 6.45) is 1.90.